The van der Waals surface area contributed by atoms with Gasteiger partial charge in [-0.1, -0.05) is 13.0 Å². The Kier molecular flexibility index (Phi) is 4.77. The molecule has 0 spiro atoms. The molecule has 1 aliphatic rings. The zero-order valence-corrected chi connectivity index (χ0v) is 14.0. The standard InChI is InChI=1S/C14H18N4.C3H8O2/c1-3-14(2)6-4-10(8-14)18-7-5-11-12(15)16-9-17-13(11)18;1-3(2,4)5/h3,5,7,9-10H,1,4,6,8H2,2H3,(H2,15,16,17);4-5H,1-2H3/t10?,14-;/m1./s1. The Morgan fingerprint density at radius 2 is 2.09 bits per heavy atom. The Morgan fingerprint density at radius 1 is 1.43 bits per heavy atom. The quantitative estimate of drug-likeness (QED) is 0.584. The monoisotopic (exact) mass is 318 g/mol. The molecule has 1 aliphatic carbocycles. The van der Waals surface area contributed by atoms with Crippen molar-refractivity contribution in [3.63, 3.8) is 0 Å². The van der Waals surface area contributed by atoms with E-state index in [1.807, 2.05) is 6.07 Å². The lowest BCUT2D eigenvalue weighted by atomic mass is 9.89. The zero-order valence-electron chi connectivity index (χ0n) is 14.0. The Bertz CT molecular complexity index is 683. The first kappa shape index (κ1) is 17.4. The van der Waals surface area contributed by atoms with E-state index in [-0.39, 0.29) is 5.41 Å². The number of anilines is 1. The van der Waals surface area contributed by atoms with Crippen LogP contribution in [0.5, 0.6) is 0 Å². The molecule has 0 bridgehead atoms. The van der Waals surface area contributed by atoms with Gasteiger partial charge in [-0.2, -0.15) is 0 Å². The molecule has 2 heterocycles. The average molecular weight is 318 g/mol. The number of nitrogens with zero attached hydrogens (tertiary/aromatic N) is 3. The maximum absolute atomic E-state index is 8.08. The molecular formula is C17H26N4O2. The first-order chi connectivity index (χ1) is 10.6. The first-order valence-electron chi connectivity index (χ1n) is 7.78. The van der Waals surface area contributed by atoms with Gasteiger partial charge in [0.05, 0.1) is 5.39 Å². The molecule has 4 N–H and O–H groups in total. The number of aliphatic hydroxyl groups is 2. The van der Waals surface area contributed by atoms with Crippen LogP contribution in [0.3, 0.4) is 0 Å². The van der Waals surface area contributed by atoms with Gasteiger partial charge in [0.1, 0.15) is 17.8 Å². The molecule has 0 aromatic carbocycles. The number of nitrogen functional groups attached to an aromatic ring is 1. The minimum absolute atomic E-state index is 0.250. The van der Waals surface area contributed by atoms with E-state index in [0.717, 1.165) is 23.9 Å². The van der Waals surface area contributed by atoms with Gasteiger partial charge < -0.3 is 20.5 Å². The number of hydrogen-bond donors (Lipinski definition) is 3. The predicted molar refractivity (Wildman–Crippen MR) is 91.6 cm³/mol. The molecule has 0 radical (unpaired) electrons. The highest BCUT2D eigenvalue weighted by Gasteiger charge is 2.33. The second-order valence-corrected chi connectivity index (χ2v) is 6.97. The summed E-state index contributed by atoms with van der Waals surface area (Å²) in [4.78, 5) is 8.40. The predicted octanol–water partition coefficient (Wildman–Crippen LogP) is 2.64. The van der Waals surface area contributed by atoms with E-state index in [1.165, 1.54) is 26.6 Å². The van der Waals surface area contributed by atoms with Crippen molar-refractivity contribution in [2.45, 2.75) is 51.9 Å². The zero-order chi connectivity index (χ0) is 17.3. The van der Waals surface area contributed by atoms with Crippen molar-refractivity contribution in [3.05, 3.63) is 31.2 Å². The topological polar surface area (TPSA) is 97.2 Å². The van der Waals surface area contributed by atoms with Gasteiger partial charge >= 0.3 is 0 Å². The van der Waals surface area contributed by atoms with Crippen molar-refractivity contribution in [1.29, 1.82) is 0 Å². The molecule has 2 aromatic heterocycles. The van der Waals surface area contributed by atoms with Crippen molar-refractivity contribution in [3.8, 4) is 0 Å². The Balaban J connectivity index is 0.000000338. The lowest BCUT2D eigenvalue weighted by Crippen LogP contribution is -2.15. The van der Waals surface area contributed by atoms with E-state index in [4.69, 9.17) is 15.9 Å². The van der Waals surface area contributed by atoms with Gasteiger partial charge in [-0.3, -0.25) is 0 Å². The molecule has 126 valence electrons. The van der Waals surface area contributed by atoms with Crippen molar-refractivity contribution >= 4 is 16.9 Å². The smallest absolute Gasteiger partial charge is 0.156 e. The van der Waals surface area contributed by atoms with Crippen molar-refractivity contribution in [1.82, 2.24) is 14.5 Å². The summed E-state index contributed by atoms with van der Waals surface area (Å²) in [7, 11) is 0. The average Bonchev–Trinajstić information content (AvgIpc) is 3.02. The molecule has 6 nitrogen and oxygen atoms in total. The molecule has 3 rings (SSSR count). The van der Waals surface area contributed by atoms with Crippen molar-refractivity contribution in [2.75, 3.05) is 5.73 Å². The van der Waals surface area contributed by atoms with Crippen LogP contribution < -0.4 is 5.73 Å². The van der Waals surface area contributed by atoms with E-state index >= 15 is 0 Å². The molecule has 23 heavy (non-hydrogen) atoms. The lowest BCUT2D eigenvalue weighted by Gasteiger charge is -2.19. The first-order valence-corrected chi connectivity index (χ1v) is 7.78. The van der Waals surface area contributed by atoms with E-state index < -0.39 is 5.79 Å². The van der Waals surface area contributed by atoms with Gasteiger partial charge in [0.15, 0.2) is 5.79 Å². The number of rotatable bonds is 2. The number of nitrogens with two attached hydrogens (primary N) is 1. The van der Waals surface area contributed by atoms with Gasteiger partial charge in [-0.05, 0) is 44.6 Å². The molecule has 6 heteroatoms. The largest absolute Gasteiger partial charge is 0.383 e. The fraction of sp³-hybridized carbons (Fsp3) is 0.529. The highest BCUT2D eigenvalue weighted by atomic mass is 16.5. The summed E-state index contributed by atoms with van der Waals surface area (Å²) in [6, 6.07) is 2.49. The molecule has 1 unspecified atom stereocenters. The SMILES string of the molecule is C=C[C@]1(C)CCC(n2ccc3c(N)ncnc32)C1.CC(C)(O)O. The van der Waals surface area contributed by atoms with Crippen LogP contribution in [0.2, 0.25) is 0 Å². The third-order valence-corrected chi connectivity index (χ3v) is 4.18. The van der Waals surface area contributed by atoms with Crippen molar-refractivity contribution in [2.24, 2.45) is 5.41 Å². The summed E-state index contributed by atoms with van der Waals surface area (Å²) in [5.74, 6) is -0.941. The minimum atomic E-state index is -1.50. The van der Waals surface area contributed by atoms with E-state index in [1.54, 1.807) is 0 Å². The fourth-order valence-corrected chi connectivity index (χ4v) is 2.95. The maximum atomic E-state index is 8.08. The molecule has 0 aliphatic heterocycles. The van der Waals surface area contributed by atoms with Crippen LogP contribution in [-0.4, -0.2) is 30.5 Å². The van der Waals surface area contributed by atoms with Gasteiger partial charge in [0, 0.05) is 12.2 Å². The third-order valence-electron chi connectivity index (χ3n) is 4.18. The molecule has 1 fully saturated rings. The molecule has 0 amide bonds. The summed E-state index contributed by atoms with van der Waals surface area (Å²) in [5.41, 5.74) is 7.06. The van der Waals surface area contributed by atoms with Gasteiger partial charge in [0.2, 0.25) is 0 Å². The van der Waals surface area contributed by atoms with E-state index in [9.17, 15) is 0 Å². The van der Waals surface area contributed by atoms with Crippen LogP contribution in [0.1, 0.15) is 46.1 Å². The maximum Gasteiger partial charge on any atom is 0.156 e. The second kappa shape index (κ2) is 6.29. The van der Waals surface area contributed by atoms with Crippen LogP contribution in [0.15, 0.2) is 31.2 Å². The lowest BCUT2D eigenvalue weighted by molar-refractivity contribution is -0.127. The number of aromatic nitrogens is 3. The van der Waals surface area contributed by atoms with Gasteiger partial charge in [-0.25, -0.2) is 9.97 Å². The normalized spacial score (nSPS) is 24.3. The van der Waals surface area contributed by atoms with Gasteiger partial charge in [-0.15, -0.1) is 6.58 Å². The van der Waals surface area contributed by atoms with Crippen LogP contribution in [0.25, 0.3) is 11.0 Å². The summed E-state index contributed by atoms with van der Waals surface area (Å²) in [6.07, 6.45) is 9.16. The number of hydrogen-bond acceptors (Lipinski definition) is 5. The summed E-state index contributed by atoms with van der Waals surface area (Å²) in [5, 5.41) is 17.1. The minimum Gasteiger partial charge on any atom is -0.383 e. The second-order valence-electron chi connectivity index (χ2n) is 6.97. The summed E-state index contributed by atoms with van der Waals surface area (Å²) in [6.45, 7) is 8.82. The third kappa shape index (κ3) is 4.30. The highest BCUT2D eigenvalue weighted by Crippen LogP contribution is 2.45. The molecule has 1 saturated carbocycles. The van der Waals surface area contributed by atoms with E-state index in [0.29, 0.717) is 11.9 Å². The summed E-state index contributed by atoms with van der Waals surface area (Å²) < 4.78 is 2.24. The van der Waals surface area contributed by atoms with E-state index in [2.05, 4.69) is 40.3 Å². The Labute approximate surface area is 136 Å². The van der Waals surface area contributed by atoms with Crippen LogP contribution >= 0.6 is 0 Å². The molecule has 2 atom stereocenters. The highest BCUT2D eigenvalue weighted by molar-refractivity contribution is 5.86. The van der Waals surface area contributed by atoms with Crippen molar-refractivity contribution < 1.29 is 10.2 Å². The van der Waals surface area contributed by atoms with Gasteiger partial charge in [0.25, 0.3) is 0 Å². The molecule has 0 saturated heterocycles. The van der Waals surface area contributed by atoms with Crippen LogP contribution in [0, 0.1) is 5.41 Å². The fourth-order valence-electron chi connectivity index (χ4n) is 2.95. The molecular weight excluding hydrogens is 292 g/mol. The molecule has 2 aromatic rings. The Morgan fingerprint density at radius 3 is 2.65 bits per heavy atom. The number of fused-ring (bicyclic) bond motifs is 1. The van der Waals surface area contributed by atoms with Crippen LogP contribution in [-0.2, 0) is 0 Å². The number of allylic oxidation sites excluding steroid dienone is 1. The Hall–Kier alpha value is -1.92. The van der Waals surface area contributed by atoms with Crippen LogP contribution in [0.4, 0.5) is 5.82 Å². The summed E-state index contributed by atoms with van der Waals surface area (Å²) >= 11 is 0.